The van der Waals surface area contributed by atoms with E-state index in [4.69, 9.17) is 0 Å². The van der Waals surface area contributed by atoms with E-state index < -0.39 is 17.2 Å². The lowest BCUT2D eigenvalue weighted by molar-refractivity contribution is -0.0109. The number of rotatable bonds is 2. The molecule has 24 heavy (non-hydrogen) atoms. The first-order valence-corrected chi connectivity index (χ1v) is 7.81. The zero-order valence-corrected chi connectivity index (χ0v) is 13.6. The lowest BCUT2D eigenvalue weighted by Crippen LogP contribution is -2.48. The minimum Gasteiger partial charge on any atom is -0.388 e. The monoisotopic (exact) mass is 335 g/mol. The predicted octanol–water partition coefficient (Wildman–Crippen LogP) is 2.45. The zero-order valence-electron chi connectivity index (χ0n) is 13.6. The number of aliphatic hydroxyl groups is 1. The van der Waals surface area contributed by atoms with Crippen LogP contribution in [0.5, 0.6) is 0 Å². The van der Waals surface area contributed by atoms with Crippen molar-refractivity contribution in [1.29, 1.82) is 0 Å². The summed E-state index contributed by atoms with van der Waals surface area (Å²) in [6.07, 6.45) is 2.75. The number of amides is 1. The summed E-state index contributed by atoms with van der Waals surface area (Å²) in [6.45, 7) is 4.09. The van der Waals surface area contributed by atoms with Gasteiger partial charge in [-0.15, -0.1) is 0 Å². The lowest BCUT2D eigenvalue weighted by atomic mass is 9.95. The van der Waals surface area contributed by atoms with Gasteiger partial charge in [-0.05, 0) is 38.8 Å². The molecule has 3 rings (SSSR count). The van der Waals surface area contributed by atoms with E-state index in [1.807, 2.05) is 0 Å². The Bertz CT molecular complexity index is 766. The van der Waals surface area contributed by atoms with Gasteiger partial charge in [0.1, 0.15) is 5.69 Å². The topological polar surface area (TPSA) is 58.4 Å². The highest BCUT2D eigenvalue weighted by Gasteiger charge is 2.33. The van der Waals surface area contributed by atoms with Gasteiger partial charge >= 0.3 is 0 Å². The van der Waals surface area contributed by atoms with Crippen LogP contribution in [0, 0.1) is 18.6 Å². The molecule has 0 radical (unpaired) electrons. The number of piperidine rings is 1. The fourth-order valence-corrected chi connectivity index (χ4v) is 3.04. The van der Waals surface area contributed by atoms with Crippen molar-refractivity contribution in [2.75, 3.05) is 13.1 Å². The molecule has 128 valence electrons. The van der Waals surface area contributed by atoms with Crippen molar-refractivity contribution in [3.8, 4) is 5.69 Å². The van der Waals surface area contributed by atoms with Crippen molar-refractivity contribution in [2.24, 2.45) is 0 Å². The quantitative estimate of drug-likeness (QED) is 0.917. The highest BCUT2D eigenvalue weighted by atomic mass is 19.1. The first-order chi connectivity index (χ1) is 11.3. The normalized spacial score (nSPS) is 21.1. The molecule has 0 aliphatic carbocycles. The minimum absolute atomic E-state index is 0.135. The SMILES string of the molecule is Cc1cn(-c2c(F)cccc2F)nc1C(=O)N1CCCC(C)(O)C1. The molecule has 1 aromatic carbocycles. The summed E-state index contributed by atoms with van der Waals surface area (Å²) in [5.41, 5.74) is -0.587. The van der Waals surface area contributed by atoms with Crippen LogP contribution in [-0.2, 0) is 0 Å². The Hall–Kier alpha value is -2.28. The van der Waals surface area contributed by atoms with Crippen molar-refractivity contribution in [1.82, 2.24) is 14.7 Å². The van der Waals surface area contributed by atoms with Gasteiger partial charge in [-0.3, -0.25) is 4.79 Å². The maximum Gasteiger partial charge on any atom is 0.274 e. The van der Waals surface area contributed by atoms with Gasteiger partial charge in [0, 0.05) is 24.8 Å². The van der Waals surface area contributed by atoms with Crippen molar-refractivity contribution in [2.45, 2.75) is 32.3 Å². The molecule has 0 saturated carbocycles. The second-order valence-corrected chi connectivity index (χ2v) is 6.50. The van der Waals surface area contributed by atoms with E-state index >= 15 is 0 Å². The standard InChI is InChI=1S/C17H19F2N3O2/c1-11-9-22(15-12(18)5-3-6-13(15)19)20-14(11)16(23)21-8-4-7-17(2,24)10-21/h3,5-6,9,24H,4,7-8,10H2,1-2H3. The number of likely N-dealkylation sites (tertiary alicyclic amines) is 1. The highest BCUT2D eigenvalue weighted by molar-refractivity contribution is 5.93. The van der Waals surface area contributed by atoms with E-state index in [2.05, 4.69) is 5.10 Å². The number of hydrogen-bond acceptors (Lipinski definition) is 3. The van der Waals surface area contributed by atoms with Crippen molar-refractivity contribution in [3.05, 3.63) is 47.3 Å². The van der Waals surface area contributed by atoms with Gasteiger partial charge in [0.05, 0.1) is 5.60 Å². The Balaban J connectivity index is 1.93. The van der Waals surface area contributed by atoms with Crippen LogP contribution in [0.2, 0.25) is 0 Å². The fourth-order valence-electron chi connectivity index (χ4n) is 3.04. The predicted molar refractivity (Wildman–Crippen MR) is 84.0 cm³/mol. The van der Waals surface area contributed by atoms with E-state index in [1.165, 1.54) is 17.2 Å². The molecule has 1 unspecified atom stereocenters. The van der Waals surface area contributed by atoms with Crippen LogP contribution in [0.1, 0.15) is 35.8 Å². The van der Waals surface area contributed by atoms with Gasteiger partial charge in [0.25, 0.3) is 5.91 Å². The third kappa shape index (κ3) is 3.03. The molecule has 7 heteroatoms. The molecule has 1 amide bonds. The van der Waals surface area contributed by atoms with Crippen LogP contribution >= 0.6 is 0 Å². The molecule has 1 atom stereocenters. The Labute approximate surface area is 138 Å². The number of para-hydroxylation sites is 1. The third-order valence-electron chi connectivity index (χ3n) is 4.23. The fraction of sp³-hybridized carbons (Fsp3) is 0.412. The number of halogens is 2. The van der Waals surface area contributed by atoms with E-state index in [-0.39, 0.29) is 23.8 Å². The summed E-state index contributed by atoms with van der Waals surface area (Å²) >= 11 is 0. The molecule has 0 bridgehead atoms. The molecule has 0 spiro atoms. The Kier molecular flexibility index (Phi) is 4.13. The Morgan fingerprint density at radius 3 is 2.62 bits per heavy atom. The molecule has 1 aliphatic heterocycles. The van der Waals surface area contributed by atoms with Crippen molar-refractivity contribution >= 4 is 5.91 Å². The molecule has 1 saturated heterocycles. The van der Waals surface area contributed by atoms with Crippen LogP contribution in [0.25, 0.3) is 5.69 Å². The maximum absolute atomic E-state index is 13.9. The number of carbonyl (C=O) groups excluding carboxylic acids is 1. The number of aryl methyl sites for hydroxylation is 1. The van der Waals surface area contributed by atoms with Gasteiger partial charge in [-0.1, -0.05) is 6.07 Å². The van der Waals surface area contributed by atoms with Gasteiger partial charge in [0.15, 0.2) is 17.3 Å². The number of benzene rings is 1. The van der Waals surface area contributed by atoms with Gasteiger partial charge in [-0.25, -0.2) is 13.5 Å². The van der Waals surface area contributed by atoms with Crippen molar-refractivity contribution < 1.29 is 18.7 Å². The molecule has 1 aromatic heterocycles. The number of carbonyl (C=O) groups is 1. The second kappa shape index (κ2) is 5.98. The van der Waals surface area contributed by atoms with Gasteiger partial charge in [0.2, 0.25) is 0 Å². The van der Waals surface area contributed by atoms with Crippen LogP contribution in [0.4, 0.5) is 8.78 Å². The Morgan fingerprint density at radius 1 is 1.33 bits per heavy atom. The second-order valence-electron chi connectivity index (χ2n) is 6.50. The average Bonchev–Trinajstić information content (AvgIpc) is 2.87. The average molecular weight is 335 g/mol. The molecule has 2 heterocycles. The first-order valence-electron chi connectivity index (χ1n) is 7.81. The molecule has 5 nitrogen and oxygen atoms in total. The lowest BCUT2D eigenvalue weighted by Gasteiger charge is -2.36. The summed E-state index contributed by atoms with van der Waals surface area (Å²) in [7, 11) is 0. The van der Waals surface area contributed by atoms with E-state index in [9.17, 15) is 18.7 Å². The summed E-state index contributed by atoms with van der Waals surface area (Å²) in [6, 6.07) is 3.55. The molecular formula is C17H19F2N3O2. The van der Waals surface area contributed by atoms with Crippen molar-refractivity contribution in [3.63, 3.8) is 0 Å². The largest absolute Gasteiger partial charge is 0.388 e. The Morgan fingerprint density at radius 2 is 2.00 bits per heavy atom. The smallest absolute Gasteiger partial charge is 0.274 e. The summed E-state index contributed by atoms with van der Waals surface area (Å²) in [4.78, 5) is 14.2. The summed E-state index contributed by atoms with van der Waals surface area (Å²) < 4.78 is 28.9. The number of nitrogens with zero attached hydrogens (tertiary/aromatic N) is 3. The number of β-amino-alcohol motifs (C(OH)–C–C–N with tert-alkyl or cyclic N) is 1. The first kappa shape index (κ1) is 16.6. The molecule has 1 aliphatic rings. The van der Waals surface area contributed by atoms with Gasteiger partial charge < -0.3 is 10.0 Å². The summed E-state index contributed by atoms with van der Waals surface area (Å²) in [5, 5.41) is 14.2. The van der Waals surface area contributed by atoms with Crippen LogP contribution in [0.15, 0.2) is 24.4 Å². The van der Waals surface area contributed by atoms with Gasteiger partial charge in [-0.2, -0.15) is 5.10 Å². The van der Waals surface area contributed by atoms with E-state index in [0.717, 1.165) is 16.8 Å². The van der Waals surface area contributed by atoms with Crippen LogP contribution in [0.3, 0.4) is 0 Å². The molecule has 1 N–H and O–H groups in total. The third-order valence-corrected chi connectivity index (χ3v) is 4.23. The van der Waals surface area contributed by atoms with Crippen LogP contribution < -0.4 is 0 Å². The summed E-state index contributed by atoms with van der Waals surface area (Å²) in [5.74, 6) is -1.85. The highest BCUT2D eigenvalue weighted by Crippen LogP contribution is 2.23. The molecule has 2 aromatic rings. The number of hydrogen-bond donors (Lipinski definition) is 1. The minimum atomic E-state index is -0.929. The number of aromatic nitrogens is 2. The maximum atomic E-state index is 13.9. The van der Waals surface area contributed by atoms with Crippen LogP contribution in [-0.4, -0.2) is 44.4 Å². The molecular weight excluding hydrogens is 316 g/mol. The molecule has 1 fully saturated rings. The van der Waals surface area contributed by atoms with E-state index in [1.54, 1.807) is 13.8 Å². The zero-order chi connectivity index (χ0) is 17.5. The van der Waals surface area contributed by atoms with E-state index in [0.29, 0.717) is 24.9 Å².